The van der Waals surface area contributed by atoms with Gasteiger partial charge in [0.1, 0.15) is 5.75 Å². The molecule has 1 heterocycles. The van der Waals surface area contributed by atoms with Gasteiger partial charge < -0.3 is 10.1 Å². The molecule has 0 bridgehead atoms. The summed E-state index contributed by atoms with van der Waals surface area (Å²) in [4.78, 5) is 17.1. The standard InChI is InChI=1S/C23H24ClN3O4S/c1-14-6-5-7-17(10-14)27-32(29,30)18-8-9-20(24)19(11-18)23(28)26-13-21-16(3)22(31-4)15(2)12-25-21/h5-12,27H,13H2,1-4H3,(H,26,28). The Morgan fingerprint density at radius 3 is 2.56 bits per heavy atom. The monoisotopic (exact) mass is 473 g/mol. The van der Waals surface area contributed by atoms with Crippen molar-refractivity contribution >= 4 is 33.2 Å². The third-order valence-electron chi connectivity index (χ3n) is 4.93. The number of nitrogens with zero attached hydrogens (tertiary/aromatic N) is 1. The number of ether oxygens (including phenoxy) is 1. The second-order valence-corrected chi connectivity index (χ2v) is 9.44. The van der Waals surface area contributed by atoms with Crippen LogP contribution in [0.1, 0.15) is 32.7 Å². The van der Waals surface area contributed by atoms with Crippen LogP contribution in [-0.4, -0.2) is 26.4 Å². The smallest absolute Gasteiger partial charge is 0.261 e. The summed E-state index contributed by atoms with van der Waals surface area (Å²) in [6.45, 7) is 5.74. The van der Waals surface area contributed by atoms with Crippen molar-refractivity contribution in [3.63, 3.8) is 0 Å². The van der Waals surface area contributed by atoms with E-state index in [0.717, 1.165) is 16.7 Å². The SMILES string of the molecule is COc1c(C)cnc(CNC(=O)c2cc(S(=O)(=O)Nc3cccc(C)c3)ccc2Cl)c1C. The third-order valence-corrected chi connectivity index (χ3v) is 6.64. The lowest BCUT2D eigenvalue weighted by Gasteiger charge is -2.14. The molecule has 32 heavy (non-hydrogen) atoms. The predicted octanol–water partition coefficient (Wildman–Crippen LogP) is 4.40. The topological polar surface area (TPSA) is 97.4 Å². The van der Waals surface area contributed by atoms with E-state index in [4.69, 9.17) is 16.3 Å². The van der Waals surface area contributed by atoms with Crippen LogP contribution in [0.4, 0.5) is 5.69 Å². The number of sulfonamides is 1. The number of benzene rings is 2. The Morgan fingerprint density at radius 1 is 1.12 bits per heavy atom. The molecule has 2 N–H and O–H groups in total. The van der Waals surface area contributed by atoms with Crippen LogP contribution in [0.25, 0.3) is 0 Å². The fourth-order valence-corrected chi connectivity index (χ4v) is 4.56. The third kappa shape index (κ3) is 5.20. The summed E-state index contributed by atoms with van der Waals surface area (Å²) in [5.41, 5.74) is 3.75. The van der Waals surface area contributed by atoms with Crippen molar-refractivity contribution in [3.8, 4) is 5.75 Å². The molecule has 0 unspecified atom stereocenters. The van der Waals surface area contributed by atoms with Crippen LogP contribution in [0.5, 0.6) is 5.75 Å². The molecule has 9 heteroatoms. The fraction of sp³-hybridized carbons (Fsp3) is 0.217. The largest absolute Gasteiger partial charge is 0.496 e. The van der Waals surface area contributed by atoms with Gasteiger partial charge in [0, 0.05) is 23.0 Å². The van der Waals surface area contributed by atoms with Crippen molar-refractivity contribution in [3.05, 3.63) is 81.6 Å². The fourth-order valence-electron chi connectivity index (χ4n) is 3.28. The molecule has 3 aromatic rings. The van der Waals surface area contributed by atoms with Crippen molar-refractivity contribution in [1.82, 2.24) is 10.3 Å². The normalized spacial score (nSPS) is 11.2. The van der Waals surface area contributed by atoms with Crippen LogP contribution in [0.3, 0.4) is 0 Å². The van der Waals surface area contributed by atoms with E-state index < -0.39 is 15.9 Å². The van der Waals surface area contributed by atoms with Gasteiger partial charge in [-0.2, -0.15) is 0 Å². The number of amides is 1. The Bertz CT molecular complexity index is 1280. The van der Waals surface area contributed by atoms with E-state index in [2.05, 4.69) is 15.0 Å². The van der Waals surface area contributed by atoms with E-state index in [1.54, 1.807) is 31.5 Å². The zero-order valence-electron chi connectivity index (χ0n) is 18.2. The van der Waals surface area contributed by atoms with E-state index in [1.165, 1.54) is 18.2 Å². The average Bonchev–Trinajstić information content (AvgIpc) is 2.73. The lowest BCUT2D eigenvalue weighted by Crippen LogP contribution is -2.25. The minimum Gasteiger partial charge on any atom is -0.496 e. The van der Waals surface area contributed by atoms with Crippen molar-refractivity contribution in [1.29, 1.82) is 0 Å². The average molecular weight is 474 g/mol. The molecule has 0 aliphatic heterocycles. The van der Waals surface area contributed by atoms with Crippen LogP contribution < -0.4 is 14.8 Å². The Kier molecular flexibility index (Phi) is 7.06. The molecular weight excluding hydrogens is 450 g/mol. The van der Waals surface area contributed by atoms with Gasteiger partial charge in [0.2, 0.25) is 0 Å². The number of hydrogen-bond donors (Lipinski definition) is 2. The van der Waals surface area contributed by atoms with Gasteiger partial charge in [-0.3, -0.25) is 14.5 Å². The molecule has 0 radical (unpaired) electrons. The summed E-state index contributed by atoms with van der Waals surface area (Å²) in [5.74, 6) is 0.195. The molecule has 7 nitrogen and oxygen atoms in total. The van der Waals surface area contributed by atoms with Crippen molar-refractivity contribution in [2.75, 3.05) is 11.8 Å². The zero-order valence-corrected chi connectivity index (χ0v) is 19.8. The van der Waals surface area contributed by atoms with Gasteiger partial charge in [-0.25, -0.2) is 8.42 Å². The molecule has 1 amide bonds. The van der Waals surface area contributed by atoms with E-state index in [9.17, 15) is 13.2 Å². The Morgan fingerprint density at radius 2 is 1.88 bits per heavy atom. The number of rotatable bonds is 7. The number of halogens is 1. The van der Waals surface area contributed by atoms with Crippen molar-refractivity contribution in [2.24, 2.45) is 0 Å². The zero-order chi connectivity index (χ0) is 23.5. The molecule has 0 saturated heterocycles. The molecule has 0 spiro atoms. The van der Waals surface area contributed by atoms with Gasteiger partial charge in [-0.15, -0.1) is 0 Å². The first kappa shape index (κ1) is 23.6. The number of anilines is 1. The van der Waals surface area contributed by atoms with Gasteiger partial charge in [0.15, 0.2) is 0 Å². The maximum Gasteiger partial charge on any atom is 0.261 e. The number of carbonyl (C=O) groups is 1. The van der Waals surface area contributed by atoms with E-state index in [1.807, 2.05) is 26.8 Å². The van der Waals surface area contributed by atoms with Crippen LogP contribution >= 0.6 is 11.6 Å². The van der Waals surface area contributed by atoms with Crippen molar-refractivity contribution < 1.29 is 17.9 Å². The Labute approximate surface area is 192 Å². The van der Waals surface area contributed by atoms with Gasteiger partial charge in [-0.05, 0) is 56.7 Å². The molecule has 0 saturated carbocycles. The molecule has 0 fully saturated rings. The first-order valence-corrected chi connectivity index (χ1v) is 11.6. The van der Waals surface area contributed by atoms with Gasteiger partial charge in [0.25, 0.3) is 15.9 Å². The van der Waals surface area contributed by atoms with Crippen LogP contribution in [0.15, 0.2) is 53.6 Å². The van der Waals surface area contributed by atoms with Gasteiger partial charge in [0.05, 0.1) is 34.8 Å². The minimum atomic E-state index is -3.91. The number of aryl methyl sites for hydroxylation is 2. The quantitative estimate of drug-likeness (QED) is 0.530. The molecule has 0 atom stereocenters. The number of methoxy groups -OCH3 is 1. The van der Waals surface area contributed by atoms with Crippen molar-refractivity contribution in [2.45, 2.75) is 32.2 Å². The lowest BCUT2D eigenvalue weighted by molar-refractivity contribution is 0.0950. The molecule has 168 valence electrons. The van der Waals surface area contributed by atoms with E-state index in [-0.39, 0.29) is 22.0 Å². The second-order valence-electron chi connectivity index (χ2n) is 7.35. The first-order chi connectivity index (χ1) is 15.1. The number of aromatic nitrogens is 1. The molecule has 0 aliphatic carbocycles. The summed E-state index contributed by atoms with van der Waals surface area (Å²) < 4.78 is 33.5. The van der Waals surface area contributed by atoms with Gasteiger partial charge >= 0.3 is 0 Å². The van der Waals surface area contributed by atoms with Crippen LogP contribution in [0, 0.1) is 20.8 Å². The predicted molar refractivity (Wildman–Crippen MR) is 125 cm³/mol. The maximum absolute atomic E-state index is 12.8. The molecule has 2 aromatic carbocycles. The molecular formula is C23H24ClN3O4S. The highest BCUT2D eigenvalue weighted by molar-refractivity contribution is 7.92. The number of pyridine rings is 1. The first-order valence-electron chi connectivity index (χ1n) is 9.78. The highest BCUT2D eigenvalue weighted by Crippen LogP contribution is 2.25. The molecule has 0 aliphatic rings. The summed E-state index contributed by atoms with van der Waals surface area (Å²) in [7, 11) is -2.33. The summed E-state index contributed by atoms with van der Waals surface area (Å²) in [6.07, 6.45) is 1.67. The lowest BCUT2D eigenvalue weighted by atomic mass is 10.1. The summed E-state index contributed by atoms with van der Waals surface area (Å²) in [5, 5.41) is 2.89. The van der Waals surface area contributed by atoms with E-state index >= 15 is 0 Å². The Balaban J connectivity index is 1.81. The minimum absolute atomic E-state index is 0.0514. The second kappa shape index (κ2) is 9.58. The molecule has 3 rings (SSSR count). The number of carbonyl (C=O) groups excluding carboxylic acids is 1. The number of hydrogen-bond acceptors (Lipinski definition) is 5. The summed E-state index contributed by atoms with van der Waals surface area (Å²) >= 11 is 6.19. The van der Waals surface area contributed by atoms with Gasteiger partial charge in [-0.1, -0.05) is 23.7 Å². The van der Waals surface area contributed by atoms with Crippen LogP contribution in [0.2, 0.25) is 5.02 Å². The Hall–Kier alpha value is -3.10. The summed E-state index contributed by atoms with van der Waals surface area (Å²) in [6, 6.07) is 11.0. The highest BCUT2D eigenvalue weighted by atomic mass is 35.5. The highest BCUT2D eigenvalue weighted by Gasteiger charge is 2.20. The number of nitrogens with one attached hydrogen (secondary N) is 2. The molecule has 1 aromatic heterocycles. The maximum atomic E-state index is 12.8. The van der Waals surface area contributed by atoms with E-state index in [0.29, 0.717) is 17.1 Å². The van der Waals surface area contributed by atoms with Crippen LogP contribution in [-0.2, 0) is 16.6 Å².